The first kappa shape index (κ1) is 14.0. The average molecular weight is 210 g/mol. The van der Waals surface area contributed by atoms with E-state index in [4.69, 9.17) is 6.42 Å². The van der Waals surface area contributed by atoms with E-state index in [-0.39, 0.29) is 18.0 Å². The van der Waals surface area contributed by atoms with Gasteiger partial charge in [0.15, 0.2) is 0 Å². The Bertz CT molecular complexity index is 253. The first-order valence-electron chi connectivity index (χ1n) is 5.38. The summed E-state index contributed by atoms with van der Waals surface area (Å²) in [4.78, 5) is 11.7. The van der Waals surface area contributed by atoms with E-state index >= 15 is 0 Å². The molecule has 0 aromatic carbocycles. The summed E-state index contributed by atoms with van der Waals surface area (Å²) in [5, 5.41) is 5.99. The van der Waals surface area contributed by atoms with Gasteiger partial charge in [0.05, 0.1) is 11.6 Å². The van der Waals surface area contributed by atoms with Crippen molar-refractivity contribution in [2.75, 3.05) is 0 Å². The van der Waals surface area contributed by atoms with Crippen molar-refractivity contribution in [1.29, 1.82) is 0 Å². The Balaban J connectivity index is 4.18. The van der Waals surface area contributed by atoms with Crippen LogP contribution in [0.3, 0.4) is 0 Å². The summed E-state index contributed by atoms with van der Waals surface area (Å²) in [6.07, 6.45) is 6.27. The summed E-state index contributed by atoms with van der Waals surface area (Å²) in [6.45, 7) is 9.59. The molecule has 0 saturated carbocycles. The van der Waals surface area contributed by atoms with Crippen molar-refractivity contribution in [3.63, 3.8) is 0 Å². The molecule has 0 aliphatic carbocycles. The van der Waals surface area contributed by atoms with E-state index in [0.717, 1.165) is 6.42 Å². The second kappa shape index (κ2) is 5.77. The van der Waals surface area contributed by atoms with Gasteiger partial charge in [-0.15, -0.1) is 6.42 Å². The van der Waals surface area contributed by atoms with Crippen LogP contribution in [0.1, 0.15) is 41.0 Å². The lowest BCUT2D eigenvalue weighted by Crippen LogP contribution is -2.52. The Morgan fingerprint density at radius 2 is 2.00 bits per heavy atom. The van der Waals surface area contributed by atoms with Gasteiger partial charge < -0.3 is 5.32 Å². The van der Waals surface area contributed by atoms with E-state index in [0.29, 0.717) is 0 Å². The molecule has 15 heavy (non-hydrogen) atoms. The molecule has 0 spiro atoms. The number of amides is 1. The molecule has 3 nitrogen and oxygen atoms in total. The smallest absolute Gasteiger partial charge is 0.237 e. The minimum absolute atomic E-state index is 0.00678. The standard InChI is InChI=1S/C12H22N2O/c1-7-9(3)13-11(15)10(4)14-12(5,6)8-2/h2,9-10,14H,7H2,1,3-6H3,(H,13,15). The number of hydrogen-bond donors (Lipinski definition) is 2. The zero-order valence-electron chi connectivity index (χ0n) is 10.3. The molecule has 2 unspecified atom stereocenters. The number of terminal acetylenes is 1. The van der Waals surface area contributed by atoms with E-state index in [1.807, 2.05) is 34.6 Å². The highest BCUT2D eigenvalue weighted by atomic mass is 16.2. The highest BCUT2D eigenvalue weighted by molar-refractivity contribution is 5.81. The molecule has 86 valence electrons. The number of hydrogen-bond acceptors (Lipinski definition) is 2. The second-order valence-electron chi connectivity index (χ2n) is 4.45. The molecule has 0 radical (unpaired) electrons. The molecule has 2 atom stereocenters. The predicted molar refractivity (Wildman–Crippen MR) is 63.4 cm³/mol. The fraction of sp³-hybridized carbons (Fsp3) is 0.750. The lowest BCUT2D eigenvalue weighted by atomic mass is 10.1. The molecule has 3 heteroatoms. The van der Waals surface area contributed by atoms with Crippen LogP contribution in [0, 0.1) is 12.3 Å². The maximum atomic E-state index is 11.7. The zero-order chi connectivity index (χ0) is 12.1. The van der Waals surface area contributed by atoms with Crippen LogP contribution in [0.5, 0.6) is 0 Å². The SMILES string of the molecule is C#CC(C)(C)NC(C)C(=O)NC(C)CC. The summed E-state index contributed by atoms with van der Waals surface area (Å²) in [6, 6.07) is -0.0688. The summed E-state index contributed by atoms with van der Waals surface area (Å²) in [7, 11) is 0. The molecular weight excluding hydrogens is 188 g/mol. The third-order valence-corrected chi connectivity index (χ3v) is 2.33. The van der Waals surface area contributed by atoms with Gasteiger partial charge in [-0.25, -0.2) is 0 Å². The third kappa shape index (κ3) is 5.44. The quantitative estimate of drug-likeness (QED) is 0.671. The molecule has 0 saturated heterocycles. The van der Waals surface area contributed by atoms with Crippen molar-refractivity contribution in [2.45, 2.75) is 58.7 Å². The van der Waals surface area contributed by atoms with Gasteiger partial charge in [0.2, 0.25) is 5.91 Å². The van der Waals surface area contributed by atoms with Crippen molar-refractivity contribution in [3.8, 4) is 12.3 Å². The Morgan fingerprint density at radius 3 is 2.40 bits per heavy atom. The van der Waals surface area contributed by atoms with E-state index in [9.17, 15) is 4.79 Å². The molecule has 1 amide bonds. The van der Waals surface area contributed by atoms with Gasteiger partial charge in [0, 0.05) is 6.04 Å². The monoisotopic (exact) mass is 210 g/mol. The van der Waals surface area contributed by atoms with Gasteiger partial charge in [-0.1, -0.05) is 12.8 Å². The van der Waals surface area contributed by atoms with Crippen molar-refractivity contribution in [1.82, 2.24) is 10.6 Å². The maximum Gasteiger partial charge on any atom is 0.237 e. The van der Waals surface area contributed by atoms with E-state index in [1.165, 1.54) is 0 Å². The molecule has 0 fully saturated rings. The molecule has 0 aromatic heterocycles. The minimum Gasteiger partial charge on any atom is -0.352 e. The van der Waals surface area contributed by atoms with Crippen LogP contribution < -0.4 is 10.6 Å². The third-order valence-electron chi connectivity index (χ3n) is 2.33. The maximum absolute atomic E-state index is 11.7. The summed E-state index contributed by atoms with van der Waals surface area (Å²) >= 11 is 0. The lowest BCUT2D eigenvalue weighted by Gasteiger charge is -2.25. The van der Waals surface area contributed by atoms with Crippen LogP contribution in [0.15, 0.2) is 0 Å². The van der Waals surface area contributed by atoms with Crippen LogP contribution in [0.4, 0.5) is 0 Å². The molecule has 0 heterocycles. The topological polar surface area (TPSA) is 41.1 Å². The van der Waals surface area contributed by atoms with Crippen LogP contribution in [-0.2, 0) is 4.79 Å². The fourth-order valence-electron chi connectivity index (χ4n) is 1.12. The molecule has 0 aliphatic heterocycles. The van der Waals surface area contributed by atoms with Crippen molar-refractivity contribution >= 4 is 5.91 Å². The van der Waals surface area contributed by atoms with Crippen LogP contribution >= 0.6 is 0 Å². The van der Waals surface area contributed by atoms with Gasteiger partial charge in [-0.05, 0) is 34.1 Å². The first-order valence-corrected chi connectivity index (χ1v) is 5.38. The Hall–Kier alpha value is -1.01. The molecule has 0 rings (SSSR count). The fourth-order valence-corrected chi connectivity index (χ4v) is 1.12. The number of carbonyl (C=O) groups is 1. The summed E-state index contributed by atoms with van der Waals surface area (Å²) in [5.74, 6) is 2.60. The van der Waals surface area contributed by atoms with E-state index < -0.39 is 5.54 Å². The molecule has 0 aliphatic rings. The second-order valence-corrected chi connectivity index (χ2v) is 4.45. The Labute approximate surface area is 93.0 Å². The molecule has 2 N–H and O–H groups in total. The first-order chi connectivity index (χ1) is 6.82. The van der Waals surface area contributed by atoms with Gasteiger partial charge in [-0.3, -0.25) is 10.1 Å². The summed E-state index contributed by atoms with van der Waals surface area (Å²) in [5.41, 5.74) is -0.452. The van der Waals surface area contributed by atoms with Gasteiger partial charge >= 0.3 is 0 Å². The van der Waals surface area contributed by atoms with Crippen molar-refractivity contribution in [2.24, 2.45) is 0 Å². The van der Waals surface area contributed by atoms with Crippen molar-refractivity contribution in [3.05, 3.63) is 0 Å². The van der Waals surface area contributed by atoms with Crippen LogP contribution in [0.2, 0.25) is 0 Å². The predicted octanol–water partition coefficient (Wildman–Crippen LogP) is 1.29. The van der Waals surface area contributed by atoms with E-state index in [2.05, 4.69) is 16.6 Å². The van der Waals surface area contributed by atoms with Crippen LogP contribution in [0.25, 0.3) is 0 Å². The summed E-state index contributed by atoms with van der Waals surface area (Å²) < 4.78 is 0. The van der Waals surface area contributed by atoms with Gasteiger partial charge in [0.1, 0.15) is 0 Å². The Morgan fingerprint density at radius 1 is 1.47 bits per heavy atom. The van der Waals surface area contributed by atoms with Crippen molar-refractivity contribution < 1.29 is 4.79 Å². The average Bonchev–Trinajstić information content (AvgIpc) is 2.16. The highest BCUT2D eigenvalue weighted by Crippen LogP contribution is 2.01. The van der Waals surface area contributed by atoms with Gasteiger partial charge in [-0.2, -0.15) is 0 Å². The Kier molecular flexibility index (Phi) is 5.38. The highest BCUT2D eigenvalue weighted by Gasteiger charge is 2.21. The minimum atomic E-state index is -0.452. The normalized spacial score (nSPS) is 15.2. The lowest BCUT2D eigenvalue weighted by molar-refractivity contribution is -0.123. The van der Waals surface area contributed by atoms with E-state index in [1.54, 1.807) is 0 Å². The largest absolute Gasteiger partial charge is 0.352 e. The van der Waals surface area contributed by atoms with Crippen LogP contribution in [-0.4, -0.2) is 23.5 Å². The number of nitrogens with one attached hydrogen (secondary N) is 2. The number of rotatable bonds is 5. The van der Waals surface area contributed by atoms with Gasteiger partial charge in [0.25, 0.3) is 0 Å². The molecule has 0 aromatic rings. The zero-order valence-corrected chi connectivity index (χ0v) is 10.3. The molecule has 0 bridgehead atoms. The number of carbonyl (C=O) groups excluding carboxylic acids is 1. The molecular formula is C12H22N2O.